The number of benzene rings is 1. The summed E-state index contributed by atoms with van der Waals surface area (Å²) in [6.07, 6.45) is 0.839. The number of amides is 1. The predicted molar refractivity (Wildman–Crippen MR) is 84.7 cm³/mol. The van der Waals surface area contributed by atoms with Crippen LogP contribution in [0.15, 0.2) is 24.3 Å². The van der Waals surface area contributed by atoms with E-state index in [0.29, 0.717) is 23.0 Å². The van der Waals surface area contributed by atoms with Crippen molar-refractivity contribution in [3.05, 3.63) is 52.1 Å². The summed E-state index contributed by atoms with van der Waals surface area (Å²) in [5.41, 5.74) is 1.83. The molecule has 0 fully saturated rings. The molecule has 0 saturated heterocycles. The summed E-state index contributed by atoms with van der Waals surface area (Å²) in [5.74, 6) is -0.512. The van der Waals surface area contributed by atoms with Gasteiger partial charge in [-0.1, -0.05) is 30.7 Å². The van der Waals surface area contributed by atoms with Gasteiger partial charge in [-0.15, -0.1) is 0 Å². The van der Waals surface area contributed by atoms with E-state index < -0.39 is 0 Å². The van der Waals surface area contributed by atoms with Gasteiger partial charge in [0.1, 0.15) is 11.0 Å². The predicted octanol–water partition coefficient (Wildman–Crippen LogP) is 3.56. The van der Waals surface area contributed by atoms with Crippen molar-refractivity contribution in [3.8, 4) is 0 Å². The Bertz CT molecular complexity index is 667. The fourth-order valence-electron chi connectivity index (χ4n) is 2.08. The van der Waals surface area contributed by atoms with E-state index in [4.69, 9.17) is 11.6 Å². The van der Waals surface area contributed by atoms with Gasteiger partial charge in [0.2, 0.25) is 0 Å². The molecule has 1 unspecified atom stereocenters. The summed E-state index contributed by atoms with van der Waals surface area (Å²) in [6.45, 7) is 6.07. The maximum atomic E-state index is 12.9. The molecular formula is C16H19ClFN3O. The number of nitrogens with one attached hydrogen (secondary N) is 1. The number of aromatic nitrogens is 2. The maximum Gasteiger partial charge on any atom is 0.256 e. The van der Waals surface area contributed by atoms with Crippen LogP contribution < -0.4 is 5.32 Å². The lowest BCUT2D eigenvalue weighted by Crippen LogP contribution is -2.32. The molecule has 0 aliphatic rings. The zero-order chi connectivity index (χ0) is 16.3. The van der Waals surface area contributed by atoms with E-state index in [0.717, 1.165) is 12.0 Å². The van der Waals surface area contributed by atoms with Crippen LogP contribution in [0.25, 0.3) is 0 Å². The van der Waals surface area contributed by atoms with Gasteiger partial charge in [-0.05, 0) is 38.0 Å². The number of halogens is 2. The lowest BCUT2D eigenvalue weighted by molar-refractivity contribution is 0.0938. The van der Waals surface area contributed by atoms with Gasteiger partial charge in [0.15, 0.2) is 0 Å². The first-order valence-corrected chi connectivity index (χ1v) is 7.58. The Labute approximate surface area is 134 Å². The van der Waals surface area contributed by atoms with Crippen LogP contribution in [0.3, 0.4) is 0 Å². The number of rotatable bonds is 5. The van der Waals surface area contributed by atoms with Crippen molar-refractivity contribution in [2.45, 2.75) is 39.8 Å². The molecule has 1 heterocycles. The molecule has 2 aromatic rings. The molecule has 6 heteroatoms. The largest absolute Gasteiger partial charge is 0.349 e. The Kier molecular flexibility index (Phi) is 5.19. The highest BCUT2D eigenvalue weighted by molar-refractivity contribution is 6.33. The van der Waals surface area contributed by atoms with Crippen molar-refractivity contribution in [2.24, 2.45) is 0 Å². The van der Waals surface area contributed by atoms with Gasteiger partial charge in [-0.3, -0.25) is 4.79 Å². The SMILES string of the molecule is CCC(C)NC(=O)c1c(C)nn(Cc2ccc(F)cc2)c1Cl. The van der Waals surface area contributed by atoms with Gasteiger partial charge in [0.25, 0.3) is 5.91 Å². The minimum atomic E-state index is -0.292. The highest BCUT2D eigenvalue weighted by Crippen LogP contribution is 2.21. The van der Waals surface area contributed by atoms with Crippen molar-refractivity contribution < 1.29 is 9.18 Å². The van der Waals surface area contributed by atoms with E-state index in [1.165, 1.54) is 12.1 Å². The van der Waals surface area contributed by atoms with Crippen LogP contribution in [-0.2, 0) is 6.54 Å². The Morgan fingerprint density at radius 3 is 2.64 bits per heavy atom. The molecule has 0 aliphatic carbocycles. The van der Waals surface area contributed by atoms with E-state index in [9.17, 15) is 9.18 Å². The molecule has 2 rings (SSSR count). The zero-order valence-corrected chi connectivity index (χ0v) is 13.6. The van der Waals surface area contributed by atoms with E-state index in [1.54, 1.807) is 23.7 Å². The molecule has 1 aromatic carbocycles. The average Bonchev–Trinajstić information content (AvgIpc) is 2.75. The molecule has 0 radical (unpaired) electrons. The van der Waals surface area contributed by atoms with Crippen LogP contribution in [0.2, 0.25) is 5.15 Å². The first-order chi connectivity index (χ1) is 10.4. The van der Waals surface area contributed by atoms with Gasteiger partial charge in [-0.2, -0.15) is 5.10 Å². The smallest absolute Gasteiger partial charge is 0.256 e. The Morgan fingerprint density at radius 2 is 2.05 bits per heavy atom. The lowest BCUT2D eigenvalue weighted by Gasteiger charge is -2.11. The van der Waals surface area contributed by atoms with E-state index in [-0.39, 0.29) is 17.8 Å². The van der Waals surface area contributed by atoms with Crippen molar-refractivity contribution in [2.75, 3.05) is 0 Å². The highest BCUT2D eigenvalue weighted by Gasteiger charge is 2.21. The van der Waals surface area contributed by atoms with E-state index in [2.05, 4.69) is 10.4 Å². The number of nitrogens with zero attached hydrogens (tertiary/aromatic N) is 2. The second kappa shape index (κ2) is 6.92. The quantitative estimate of drug-likeness (QED) is 0.914. The molecule has 0 aliphatic heterocycles. The van der Waals surface area contributed by atoms with Crippen molar-refractivity contribution in [3.63, 3.8) is 0 Å². The highest BCUT2D eigenvalue weighted by atomic mass is 35.5. The minimum Gasteiger partial charge on any atom is -0.349 e. The molecule has 1 aromatic heterocycles. The summed E-state index contributed by atoms with van der Waals surface area (Å²) < 4.78 is 14.5. The third kappa shape index (κ3) is 3.65. The van der Waals surface area contributed by atoms with Crippen LogP contribution in [0.1, 0.15) is 41.9 Å². The molecule has 0 saturated carbocycles. The van der Waals surface area contributed by atoms with Crippen molar-refractivity contribution in [1.29, 1.82) is 0 Å². The molecule has 118 valence electrons. The van der Waals surface area contributed by atoms with Crippen LogP contribution in [0.4, 0.5) is 4.39 Å². The molecular weight excluding hydrogens is 305 g/mol. The minimum absolute atomic E-state index is 0.0726. The molecule has 1 atom stereocenters. The molecule has 22 heavy (non-hydrogen) atoms. The summed E-state index contributed by atoms with van der Waals surface area (Å²) in [7, 11) is 0. The van der Waals surface area contributed by atoms with Crippen LogP contribution in [-0.4, -0.2) is 21.7 Å². The number of hydrogen-bond donors (Lipinski definition) is 1. The van der Waals surface area contributed by atoms with Crippen LogP contribution >= 0.6 is 11.6 Å². The maximum absolute atomic E-state index is 12.9. The molecule has 0 bridgehead atoms. The first-order valence-electron chi connectivity index (χ1n) is 7.20. The van der Waals surface area contributed by atoms with Gasteiger partial charge >= 0.3 is 0 Å². The Balaban J connectivity index is 2.23. The normalized spacial score (nSPS) is 12.2. The molecule has 4 nitrogen and oxygen atoms in total. The fraction of sp³-hybridized carbons (Fsp3) is 0.375. The lowest BCUT2D eigenvalue weighted by atomic mass is 10.2. The monoisotopic (exact) mass is 323 g/mol. The van der Waals surface area contributed by atoms with Crippen LogP contribution in [0.5, 0.6) is 0 Å². The van der Waals surface area contributed by atoms with E-state index in [1.807, 2.05) is 13.8 Å². The third-order valence-electron chi connectivity index (χ3n) is 3.53. The fourth-order valence-corrected chi connectivity index (χ4v) is 2.40. The first kappa shape index (κ1) is 16.5. The number of carbonyl (C=O) groups is 1. The topological polar surface area (TPSA) is 46.9 Å². The van der Waals surface area contributed by atoms with Crippen molar-refractivity contribution in [1.82, 2.24) is 15.1 Å². The standard InChI is InChI=1S/C16H19ClFN3O/c1-4-10(2)19-16(22)14-11(3)20-21(15(14)17)9-12-5-7-13(18)8-6-12/h5-8,10H,4,9H2,1-3H3,(H,19,22). The Morgan fingerprint density at radius 1 is 1.41 bits per heavy atom. The second-order valence-corrected chi connectivity index (χ2v) is 5.68. The number of hydrogen-bond acceptors (Lipinski definition) is 2. The van der Waals surface area contributed by atoms with Gasteiger partial charge < -0.3 is 5.32 Å². The van der Waals surface area contributed by atoms with Crippen molar-refractivity contribution >= 4 is 17.5 Å². The molecule has 0 spiro atoms. The summed E-state index contributed by atoms with van der Waals surface area (Å²) in [4.78, 5) is 12.3. The second-order valence-electron chi connectivity index (χ2n) is 5.32. The number of aryl methyl sites for hydroxylation is 1. The molecule has 1 N–H and O–H groups in total. The summed E-state index contributed by atoms with van der Waals surface area (Å²) in [5, 5.41) is 7.49. The summed E-state index contributed by atoms with van der Waals surface area (Å²) >= 11 is 6.30. The van der Waals surface area contributed by atoms with Gasteiger partial charge in [0, 0.05) is 6.04 Å². The summed E-state index contributed by atoms with van der Waals surface area (Å²) in [6, 6.07) is 6.18. The van der Waals surface area contributed by atoms with Crippen LogP contribution in [0, 0.1) is 12.7 Å². The Hall–Kier alpha value is -1.88. The third-order valence-corrected chi connectivity index (χ3v) is 3.91. The van der Waals surface area contributed by atoms with Gasteiger partial charge in [-0.25, -0.2) is 9.07 Å². The average molecular weight is 324 g/mol. The van der Waals surface area contributed by atoms with Gasteiger partial charge in [0.05, 0.1) is 17.8 Å². The number of carbonyl (C=O) groups excluding carboxylic acids is 1. The zero-order valence-electron chi connectivity index (χ0n) is 12.9. The van der Waals surface area contributed by atoms with E-state index >= 15 is 0 Å². The molecule has 1 amide bonds.